The lowest BCUT2D eigenvalue weighted by Gasteiger charge is -2.21. The average Bonchev–Trinajstić information content (AvgIpc) is 2.67. The van der Waals surface area contributed by atoms with Crippen molar-refractivity contribution in [3.05, 3.63) is 17.5 Å². The van der Waals surface area contributed by atoms with Gasteiger partial charge in [-0.1, -0.05) is 20.8 Å². The van der Waals surface area contributed by atoms with Crippen LogP contribution in [0.1, 0.15) is 37.9 Å². The summed E-state index contributed by atoms with van der Waals surface area (Å²) in [5.41, 5.74) is 7.25. The first-order valence-electron chi connectivity index (χ1n) is 5.23. The maximum Gasteiger partial charge on any atom is 0.314 e. The Labute approximate surface area is 95.4 Å². The van der Waals surface area contributed by atoms with Crippen molar-refractivity contribution in [2.75, 3.05) is 13.7 Å². The van der Waals surface area contributed by atoms with Crippen LogP contribution in [0.4, 0.5) is 0 Å². The smallest absolute Gasteiger partial charge is 0.314 e. The van der Waals surface area contributed by atoms with Crippen LogP contribution in [-0.2, 0) is 14.9 Å². The molecule has 0 aliphatic heterocycles. The summed E-state index contributed by atoms with van der Waals surface area (Å²) in [7, 11) is 1.36. The summed E-state index contributed by atoms with van der Waals surface area (Å²) in [6, 6.07) is 0. The summed E-state index contributed by atoms with van der Waals surface area (Å²) in [4.78, 5) is 11.6. The zero-order chi connectivity index (χ0) is 12.3. The minimum Gasteiger partial charge on any atom is -0.469 e. The minimum atomic E-state index is -0.446. The van der Waals surface area contributed by atoms with Crippen LogP contribution in [0.2, 0.25) is 0 Å². The second kappa shape index (κ2) is 4.65. The fourth-order valence-electron chi connectivity index (χ4n) is 1.65. The first-order chi connectivity index (χ1) is 7.41. The summed E-state index contributed by atoms with van der Waals surface area (Å²) < 4.78 is 4.73. The Hall–Kier alpha value is -1.36. The van der Waals surface area contributed by atoms with Gasteiger partial charge < -0.3 is 10.5 Å². The molecule has 1 aromatic rings. The Morgan fingerprint density at radius 3 is 2.69 bits per heavy atom. The fraction of sp³-hybridized carbons (Fsp3) is 0.636. The minimum absolute atomic E-state index is 0.104. The van der Waals surface area contributed by atoms with Crippen molar-refractivity contribution in [3.63, 3.8) is 0 Å². The van der Waals surface area contributed by atoms with E-state index in [1.165, 1.54) is 7.11 Å². The number of hydrogen-bond donors (Lipinski definition) is 2. The molecule has 0 aromatic carbocycles. The van der Waals surface area contributed by atoms with Crippen molar-refractivity contribution >= 4 is 5.97 Å². The van der Waals surface area contributed by atoms with Crippen molar-refractivity contribution in [3.8, 4) is 0 Å². The predicted octanol–water partition coefficient (Wildman–Crippen LogP) is 0.922. The van der Waals surface area contributed by atoms with E-state index in [1.54, 1.807) is 6.20 Å². The first kappa shape index (κ1) is 12.7. The number of nitrogens with zero attached hydrogens (tertiary/aromatic N) is 1. The molecule has 0 amide bonds. The van der Waals surface area contributed by atoms with Gasteiger partial charge in [-0.3, -0.25) is 9.89 Å². The second-order valence-electron chi connectivity index (χ2n) is 4.76. The quantitative estimate of drug-likeness (QED) is 0.750. The van der Waals surface area contributed by atoms with Crippen molar-refractivity contribution in [2.24, 2.45) is 5.73 Å². The first-order valence-corrected chi connectivity index (χ1v) is 5.23. The van der Waals surface area contributed by atoms with E-state index in [9.17, 15) is 4.79 Å². The van der Waals surface area contributed by atoms with E-state index >= 15 is 0 Å². The summed E-state index contributed by atoms with van der Waals surface area (Å²) in [5, 5.41) is 6.91. The summed E-state index contributed by atoms with van der Waals surface area (Å²) >= 11 is 0. The van der Waals surface area contributed by atoms with E-state index in [4.69, 9.17) is 10.5 Å². The van der Waals surface area contributed by atoms with Crippen LogP contribution in [-0.4, -0.2) is 29.8 Å². The number of ether oxygens (including phenoxy) is 1. The molecule has 90 valence electrons. The SMILES string of the molecule is COC(=O)C(CN)c1cn[nH]c1C(C)(C)C. The number of nitrogens with two attached hydrogens (primary N) is 1. The molecule has 0 saturated heterocycles. The molecule has 0 bridgehead atoms. The zero-order valence-corrected chi connectivity index (χ0v) is 10.2. The van der Waals surface area contributed by atoms with Crippen molar-refractivity contribution < 1.29 is 9.53 Å². The molecule has 0 saturated carbocycles. The number of hydrogen-bond acceptors (Lipinski definition) is 4. The molecule has 1 unspecified atom stereocenters. The van der Waals surface area contributed by atoms with Gasteiger partial charge in [0.05, 0.1) is 19.2 Å². The number of methoxy groups -OCH3 is 1. The lowest BCUT2D eigenvalue weighted by molar-refractivity contribution is -0.142. The Kier molecular flexibility index (Phi) is 3.70. The van der Waals surface area contributed by atoms with E-state index in [0.29, 0.717) is 0 Å². The molecule has 1 rings (SSSR count). The Morgan fingerprint density at radius 2 is 2.25 bits per heavy atom. The molecule has 1 atom stereocenters. The number of carbonyl (C=O) groups excluding carboxylic acids is 1. The van der Waals surface area contributed by atoms with Gasteiger partial charge in [-0.25, -0.2) is 0 Å². The molecule has 1 heterocycles. The summed E-state index contributed by atoms with van der Waals surface area (Å²) in [6.07, 6.45) is 1.65. The van der Waals surface area contributed by atoms with Crippen molar-refractivity contribution in [1.29, 1.82) is 0 Å². The fourth-order valence-corrected chi connectivity index (χ4v) is 1.65. The average molecular weight is 225 g/mol. The van der Waals surface area contributed by atoms with Crippen LogP contribution in [0.25, 0.3) is 0 Å². The van der Waals surface area contributed by atoms with Crippen LogP contribution in [0, 0.1) is 0 Å². The monoisotopic (exact) mass is 225 g/mol. The highest BCUT2D eigenvalue weighted by Gasteiger charge is 2.28. The molecule has 0 fully saturated rings. The number of H-pyrrole nitrogens is 1. The van der Waals surface area contributed by atoms with Crippen LogP contribution in [0.15, 0.2) is 6.20 Å². The number of rotatable bonds is 3. The highest BCUT2D eigenvalue weighted by atomic mass is 16.5. The molecule has 5 nitrogen and oxygen atoms in total. The van der Waals surface area contributed by atoms with Gasteiger partial charge in [0.15, 0.2) is 0 Å². The summed E-state index contributed by atoms with van der Waals surface area (Å²) in [5.74, 6) is -0.771. The van der Waals surface area contributed by atoms with E-state index in [2.05, 4.69) is 31.0 Å². The third-order valence-electron chi connectivity index (χ3n) is 2.52. The number of nitrogens with one attached hydrogen (secondary N) is 1. The number of carbonyl (C=O) groups is 1. The largest absolute Gasteiger partial charge is 0.469 e. The highest BCUT2D eigenvalue weighted by Crippen LogP contribution is 2.28. The van der Waals surface area contributed by atoms with Gasteiger partial charge in [0.1, 0.15) is 0 Å². The molecule has 0 aliphatic rings. The van der Waals surface area contributed by atoms with E-state index in [1.807, 2.05) is 0 Å². The molecular formula is C11H19N3O2. The van der Waals surface area contributed by atoms with Gasteiger partial charge in [0.2, 0.25) is 0 Å². The van der Waals surface area contributed by atoms with Crippen LogP contribution >= 0.6 is 0 Å². The molecule has 16 heavy (non-hydrogen) atoms. The lowest BCUT2D eigenvalue weighted by atomic mass is 9.85. The molecule has 0 spiro atoms. The normalized spacial score (nSPS) is 13.6. The third kappa shape index (κ3) is 2.41. The maximum absolute atomic E-state index is 11.6. The van der Waals surface area contributed by atoms with Crippen LogP contribution in [0.5, 0.6) is 0 Å². The zero-order valence-electron chi connectivity index (χ0n) is 10.2. The maximum atomic E-state index is 11.6. The van der Waals surface area contributed by atoms with Gasteiger partial charge in [-0.05, 0) is 0 Å². The number of aromatic nitrogens is 2. The third-order valence-corrected chi connectivity index (χ3v) is 2.52. The van der Waals surface area contributed by atoms with E-state index < -0.39 is 5.92 Å². The van der Waals surface area contributed by atoms with Gasteiger partial charge in [0.25, 0.3) is 0 Å². The molecule has 0 radical (unpaired) electrons. The van der Waals surface area contributed by atoms with E-state index in [-0.39, 0.29) is 17.9 Å². The molecule has 0 aliphatic carbocycles. The standard InChI is InChI=1S/C11H19N3O2/c1-11(2,3)9-8(6-13-14-9)7(5-12)10(15)16-4/h6-7H,5,12H2,1-4H3,(H,13,14). The lowest BCUT2D eigenvalue weighted by Crippen LogP contribution is -2.26. The van der Waals surface area contributed by atoms with Crippen molar-refractivity contribution in [2.45, 2.75) is 32.1 Å². The number of aromatic amines is 1. The molecule has 5 heteroatoms. The highest BCUT2D eigenvalue weighted by molar-refractivity contribution is 5.78. The van der Waals surface area contributed by atoms with Gasteiger partial charge in [-0.2, -0.15) is 5.10 Å². The molecule has 3 N–H and O–H groups in total. The number of esters is 1. The second-order valence-corrected chi connectivity index (χ2v) is 4.76. The van der Waals surface area contributed by atoms with Crippen LogP contribution < -0.4 is 5.73 Å². The summed E-state index contributed by atoms with van der Waals surface area (Å²) in [6.45, 7) is 6.37. The van der Waals surface area contributed by atoms with Gasteiger partial charge >= 0.3 is 5.97 Å². The van der Waals surface area contributed by atoms with Crippen molar-refractivity contribution in [1.82, 2.24) is 10.2 Å². The molecular weight excluding hydrogens is 206 g/mol. The van der Waals surface area contributed by atoms with Gasteiger partial charge in [0, 0.05) is 23.2 Å². The Balaban J connectivity index is 3.12. The Morgan fingerprint density at radius 1 is 1.62 bits per heavy atom. The van der Waals surface area contributed by atoms with E-state index in [0.717, 1.165) is 11.3 Å². The van der Waals surface area contributed by atoms with Crippen LogP contribution in [0.3, 0.4) is 0 Å². The molecule has 1 aromatic heterocycles. The topological polar surface area (TPSA) is 81.0 Å². The van der Waals surface area contributed by atoms with Gasteiger partial charge in [-0.15, -0.1) is 0 Å². The predicted molar refractivity (Wildman–Crippen MR) is 61.1 cm³/mol. The Bertz CT molecular complexity index is 366.